The Morgan fingerprint density at radius 2 is 0.964 bits per heavy atom. The van der Waals surface area contributed by atoms with Crippen molar-refractivity contribution in [1.29, 1.82) is 0 Å². The lowest BCUT2D eigenvalue weighted by molar-refractivity contribution is -0.161. The number of fused-ring (bicyclic) bond motifs is 3. The first-order valence-corrected chi connectivity index (χ1v) is 18.9. The number of hydrogen-bond acceptors (Lipinski definition) is 13. The molecule has 16 N–H and O–H groups in total. The number of thioether (sulfide) groups is 3. The van der Waals surface area contributed by atoms with E-state index in [-0.39, 0.29) is 50.3 Å². The number of benzene rings is 1. The van der Waals surface area contributed by atoms with E-state index >= 15 is 0 Å². The average molecular weight is 836 g/mol. The summed E-state index contributed by atoms with van der Waals surface area (Å²) in [6.45, 7) is 10.9. The smallest absolute Gasteiger partial charge is 0.327 e. The van der Waals surface area contributed by atoms with Crippen LogP contribution >= 0.6 is 35.3 Å². The minimum atomic E-state index is -1.03. The van der Waals surface area contributed by atoms with Crippen LogP contribution in [0.2, 0.25) is 0 Å². The molecule has 6 heterocycles. The maximum Gasteiger partial charge on any atom is 0.327 e. The molecule has 23 heteroatoms. The van der Waals surface area contributed by atoms with E-state index < -0.39 is 80.3 Å². The number of carboxylic acid groups (broad SMARTS) is 3. The van der Waals surface area contributed by atoms with Crippen LogP contribution < -0.4 is 22.5 Å². The maximum atomic E-state index is 12.3. The summed E-state index contributed by atoms with van der Waals surface area (Å²) in [5, 5.41) is 29.4. The van der Waals surface area contributed by atoms with Crippen molar-refractivity contribution in [2.24, 2.45) is 17.2 Å². The molecule has 0 radical (unpaired) electrons. The van der Waals surface area contributed by atoms with Gasteiger partial charge in [0.15, 0.2) is 0 Å². The Bertz CT molecular complexity index is 1640. The predicted octanol–water partition coefficient (Wildman–Crippen LogP) is -3.23. The van der Waals surface area contributed by atoms with E-state index in [9.17, 15) is 38.7 Å². The summed E-state index contributed by atoms with van der Waals surface area (Å²) in [5.41, 5.74) is 17.8. The highest BCUT2D eigenvalue weighted by molar-refractivity contribution is 8.02. The summed E-state index contributed by atoms with van der Waals surface area (Å²) < 4.78 is -1.53. The van der Waals surface area contributed by atoms with Crippen LogP contribution in [0.1, 0.15) is 53.1 Å². The summed E-state index contributed by atoms with van der Waals surface area (Å²) in [5.74, 6) is -4.26. The first-order chi connectivity index (χ1) is 24.0. The number of hydrogen-bond donors (Lipinski definition) is 7. The van der Waals surface area contributed by atoms with Gasteiger partial charge in [-0.3, -0.25) is 19.2 Å². The Morgan fingerprint density at radius 3 is 1.31 bits per heavy atom. The molecule has 1 aromatic carbocycles. The van der Waals surface area contributed by atoms with Crippen LogP contribution in [0.25, 0.3) is 0 Å². The van der Waals surface area contributed by atoms with Gasteiger partial charge in [0.05, 0.1) is 0 Å². The number of β-lactam (4-membered cyclic amide) rings is 3. The Balaban J connectivity index is 0.000000293. The van der Waals surface area contributed by atoms with Gasteiger partial charge in [-0.15, -0.1) is 35.3 Å². The molecule has 0 unspecified atom stereocenters. The number of carbonyl (C=O) groups excluding carboxylic acids is 4. The summed E-state index contributed by atoms with van der Waals surface area (Å²) in [6.07, 6.45) is 0. The zero-order valence-corrected chi connectivity index (χ0v) is 33.1. The average Bonchev–Trinajstić information content (AvgIpc) is 3.61. The number of amides is 4. The third-order valence-corrected chi connectivity index (χ3v) is 14.6. The zero-order valence-electron chi connectivity index (χ0n) is 30.7. The Labute approximate surface area is 328 Å². The van der Waals surface area contributed by atoms with Crippen LogP contribution in [0, 0.1) is 0 Å². The molecular weight excluding hydrogens is 787 g/mol. The van der Waals surface area contributed by atoms with Crippen LogP contribution in [0.5, 0.6) is 0 Å². The number of aliphatic carboxylic acids is 3. The minimum absolute atomic E-state index is 0. The molecule has 0 spiro atoms. The molecule has 6 fully saturated rings. The molecule has 6 aliphatic heterocycles. The van der Waals surface area contributed by atoms with Crippen LogP contribution in [-0.2, 0) is 33.6 Å². The Kier molecular flexibility index (Phi) is 14.2. The summed E-state index contributed by atoms with van der Waals surface area (Å²) in [6, 6.07) is 3.84. The number of nitrogens with zero attached hydrogens (tertiary/aromatic N) is 3. The molecule has 6 saturated heterocycles. The largest absolute Gasteiger partial charge is 0.480 e. The van der Waals surface area contributed by atoms with Crippen molar-refractivity contribution < 1.29 is 65.3 Å². The number of nitrogens with two attached hydrogens (primary N) is 3. The van der Waals surface area contributed by atoms with Crippen molar-refractivity contribution in [2.75, 3.05) is 0 Å². The SMILES string of the molecule is CC1(C)S[C@@H]2[C@H](N)C(=O)N2[C@H]1C(=O)O.CC1(C)S[C@@H]2[C@H](N)C(=O)N2[C@H]1C(=O)O.CC1(C)S[C@@H]2[C@H](NC(=O)[C@H](N)c3ccccc3)C(=O)N2[C@H]1C(=O)O.O.O.O. The Morgan fingerprint density at radius 1 is 0.636 bits per heavy atom. The lowest BCUT2D eigenvalue weighted by Gasteiger charge is -2.43. The van der Waals surface area contributed by atoms with Gasteiger partial charge in [0.1, 0.15) is 58.4 Å². The highest BCUT2D eigenvalue weighted by Crippen LogP contribution is 2.52. The maximum absolute atomic E-state index is 12.3. The van der Waals surface area contributed by atoms with Crippen LogP contribution in [0.15, 0.2) is 30.3 Å². The van der Waals surface area contributed by atoms with E-state index in [4.69, 9.17) is 27.4 Å². The number of rotatable bonds is 6. The van der Waals surface area contributed by atoms with Gasteiger partial charge in [0.2, 0.25) is 23.6 Å². The highest BCUT2D eigenvalue weighted by Gasteiger charge is 2.65. The van der Waals surface area contributed by atoms with Crippen LogP contribution in [0.3, 0.4) is 0 Å². The van der Waals surface area contributed by atoms with Crippen LogP contribution in [0.4, 0.5) is 0 Å². The number of nitrogens with one attached hydrogen (secondary N) is 1. The van der Waals surface area contributed by atoms with Gasteiger partial charge in [0, 0.05) is 14.2 Å². The molecule has 1 aromatic rings. The van der Waals surface area contributed by atoms with Crippen LogP contribution in [-0.4, -0.2) is 155 Å². The third kappa shape index (κ3) is 7.98. The van der Waals surface area contributed by atoms with E-state index in [1.165, 1.54) is 50.0 Å². The molecular formula is C32H49N7O13S3. The molecule has 4 amide bonds. The van der Waals surface area contributed by atoms with Crippen molar-refractivity contribution in [3.8, 4) is 0 Å². The molecule has 0 saturated carbocycles. The molecule has 20 nitrogen and oxygen atoms in total. The van der Waals surface area contributed by atoms with Gasteiger partial charge in [0.25, 0.3) is 0 Å². The fourth-order valence-electron chi connectivity index (χ4n) is 7.28. The second-order valence-electron chi connectivity index (χ2n) is 14.7. The topological polar surface area (TPSA) is 374 Å². The van der Waals surface area contributed by atoms with E-state index in [1.54, 1.807) is 38.1 Å². The second kappa shape index (κ2) is 16.4. The zero-order chi connectivity index (χ0) is 39.0. The standard InChI is InChI=1S/C16H19N3O4S.2C8H12N2O3S.3H2O/c1-16(2)11(15(22)23)19-13(21)10(14(19)24-16)18-12(20)9(17)8-6-4-3-5-7-8;2*1-8(2)4(7(12)13)10-5(11)3(9)6(10)14-8;;;/h3-7,9-11,14H,17H2,1-2H3,(H,18,20)(H,22,23);2*3-4,6H,9H2,1-2H3,(H,12,13);3*1H2/t9-,10-,11+,14-;2*3-,4+,6-;;;/m111.../s1. The predicted molar refractivity (Wildman–Crippen MR) is 203 cm³/mol. The molecule has 55 heavy (non-hydrogen) atoms. The fourth-order valence-corrected chi connectivity index (χ4v) is 12.0. The van der Waals surface area contributed by atoms with Crippen molar-refractivity contribution in [3.63, 3.8) is 0 Å². The van der Waals surface area contributed by atoms with Crippen molar-refractivity contribution in [2.45, 2.75) is 114 Å². The lowest BCUT2D eigenvalue weighted by Crippen LogP contribution is -2.71. The monoisotopic (exact) mass is 835 g/mol. The van der Waals surface area contributed by atoms with Gasteiger partial charge >= 0.3 is 17.9 Å². The number of carbonyl (C=O) groups is 7. The van der Waals surface area contributed by atoms with Crippen molar-refractivity contribution in [1.82, 2.24) is 20.0 Å². The van der Waals surface area contributed by atoms with Crippen molar-refractivity contribution in [3.05, 3.63) is 35.9 Å². The van der Waals surface area contributed by atoms with E-state index in [0.29, 0.717) is 5.56 Å². The van der Waals surface area contributed by atoms with Gasteiger partial charge < -0.3 is 69.0 Å². The molecule has 0 aliphatic carbocycles. The molecule has 6 aliphatic rings. The van der Waals surface area contributed by atoms with E-state index in [0.717, 1.165) is 0 Å². The first-order valence-electron chi connectivity index (χ1n) is 16.3. The van der Waals surface area contributed by atoms with E-state index in [2.05, 4.69) is 5.32 Å². The molecule has 7 rings (SSSR count). The molecule has 0 aromatic heterocycles. The normalized spacial score (nSPS) is 32.5. The van der Waals surface area contributed by atoms with Crippen molar-refractivity contribution >= 4 is 76.8 Å². The van der Waals surface area contributed by atoms with Gasteiger partial charge in [-0.05, 0) is 47.1 Å². The summed E-state index contributed by atoms with van der Waals surface area (Å²) >= 11 is 4.31. The number of carboxylic acids is 3. The molecule has 10 atom stereocenters. The first kappa shape index (κ1) is 47.5. The quantitative estimate of drug-likeness (QED) is 0.139. The van der Waals surface area contributed by atoms with Gasteiger partial charge in [-0.1, -0.05) is 30.3 Å². The lowest BCUT2D eigenvalue weighted by atomic mass is 9.95. The molecule has 308 valence electrons. The van der Waals surface area contributed by atoms with Gasteiger partial charge in [-0.2, -0.15) is 0 Å². The molecule has 0 bridgehead atoms. The highest BCUT2D eigenvalue weighted by atomic mass is 32.2. The Hall–Kier alpha value is -3.68. The summed E-state index contributed by atoms with van der Waals surface area (Å²) in [7, 11) is 0. The second-order valence-corrected chi connectivity index (χ2v) is 20.0. The van der Waals surface area contributed by atoms with Gasteiger partial charge in [-0.25, -0.2) is 14.4 Å². The van der Waals surface area contributed by atoms with E-state index in [1.807, 2.05) is 33.8 Å². The third-order valence-electron chi connectivity index (χ3n) is 9.85. The minimum Gasteiger partial charge on any atom is -0.480 e. The summed E-state index contributed by atoms with van der Waals surface area (Å²) in [4.78, 5) is 85.0. The fraction of sp³-hybridized carbons (Fsp3) is 0.594.